The molecule has 1 amide bonds. The van der Waals surface area contributed by atoms with E-state index in [4.69, 9.17) is 16.6 Å². The number of amides is 1. The predicted molar refractivity (Wildman–Crippen MR) is 125 cm³/mol. The van der Waals surface area contributed by atoms with E-state index in [0.717, 1.165) is 33.5 Å². The van der Waals surface area contributed by atoms with Crippen LogP contribution in [0.2, 0.25) is 5.02 Å². The van der Waals surface area contributed by atoms with Crippen molar-refractivity contribution in [3.8, 4) is 0 Å². The highest BCUT2D eigenvalue weighted by Crippen LogP contribution is 2.41. The highest BCUT2D eigenvalue weighted by Gasteiger charge is 2.35. The van der Waals surface area contributed by atoms with Gasteiger partial charge < -0.3 is 10.6 Å². The summed E-state index contributed by atoms with van der Waals surface area (Å²) in [7, 11) is 0. The number of para-hydroxylation sites is 2. The summed E-state index contributed by atoms with van der Waals surface area (Å²) in [6.45, 7) is 3.92. The van der Waals surface area contributed by atoms with Crippen LogP contribution in [0.4, 0.5) is 11.6 Å². The Morgan fingerprint density at radius 2 is 1.71 bits per heavy atom. The molecule has 4 aromatic rings. The number of fused-ring (bicyclic) bond motifs is 3. The van der Waals surface area contributed by atoms with Crippen molar-refractivity contribution < 1.29 is 4.79 Å². The minimum absolute atomic E-state index is 0.179. The van der Waals surface area contributed by atoms with Crippen LogP contribution >= 0.6 is 11.6 Å². The normalized spacial score (nSPS) is 15.5. The van der Waals surface area contributed by atoms with Crippen molar-refractivity contribution >= 4 is 40.2 Å². The molecule has 0 fully saturated rings. The van der Waals surface area contributed by atoms with Crippen molar-refractivity contribution in [2.75, 3.05) is 10.6 Å². The number of nitrogens with one attached hydrogen (secondary N) is 2. The molecule has 5 nitrogen and oxygen atoms in total. The highest BCUT2D eigenvalue weighted by atomic mass is 35.5. The van der Waals surface area contributed by atoms with Gasteiger partial charge in [-0.25, -0.2) is 4.98 Å². The Balaban J connectivity index is 1.67. The Labute approximate surface area is 185 Å². The number of hydrogen-bond donors (Lipinski definition) is 2. The number of rotatable bonds is 3. The van der Waals surface area contributed by atoms with Gasteiger partial charge in [-0.2, -0.15) is 0 Å². The Hall–Kier alpha value is -3.57. The zero-order valence-corrected chi connectivity index (χ0v) is 17.9. The number of aromatic nitrogens is 2. The molecule has 1 aromatic heterocycles. The first-order valence-corrected chi connectivity index (χ1v) is 10.5. The third kappa shape index (κ3) is 3.37. The number of carbonyl (C=O) groups excluding carboxylic acids is 1. The Bertz CT molecular complexity index is 1340. The average Bonchev–Trinajstić information content (AvgIpc) is 3.12. The molecule has 1 aliphatic heterocycles. The second-order valence-electron chi connectivity index (χ2n) is 7.70. The number of anilines is 2. The van der Waals surface area contributed by atoms with Crippen LogP contribution in [0.15, 0.2) is 84.1 Å². The largest absolute Gasteiger partial charge is 0.329 e. The topological polar surface area (TPSA) is 59.0 Å². The van der Waals surface area contributed by atoms with E-state index >= 15 is 0 Å². The second-order valence-corrected chi connectivity index (χ2v) is 8.11. The molecular formula is C25H21ClN4O. The fourth-order valence-electron chi connectivity index (χ4n) is 4.08. The lowest BCUT2D eigenvalue weighted by molar-refractivity contribution is -0.113. The Morgan fingerprint density at radius 3 is 2.48 bits per heavy atom. The van der Waals surface area contributed by atoms with Gasteiger partial charge in [-0.05, 0) is 49.7 Å². The molecule has 6 heteroatoms. The molecule has 5 rings (SSSR count). The van der Waals surface area contributed by atoms with Crippen molar-refractivity contribution in [1.82, 2.24) is 9.55 Å². The van der Waals surface area contributed by atoms with E-state index in [-0.39, 0.29) is 5.91 Å². The molecular weight excluding hydrogens is 408 g/mol. The van der Waals surface area contributed by atoms with Gasteiger partial charge in [0, 0.05) is 16.4 Å². The van der Waals surface area contributed by atoms with Gasteiger partial charge in [0.1, 0.15) is 0 Å². The number of imidazole rings is 1. The Kier molecular flexibility index (Phi) is 4.75. The number of allylic oxidation sites excluding steroid dienone is 1. The van der Waals surface area contributed by atoms with Crippen LogP contribution < -0.4 is 10.6 Å². The lowest BCUT2D eigenvalue weighted by Crippen LogP contribution is -2.31. The maximum Gasteiger partial charge on any atom is 0.255 e. The quantitative estimate of drug-likeness (QED) is 0.425. The lowest BCUT2D eigenvalue weighted by Gasteiger charge is -2.31. The van der Waals surface area contributed by atoms with Crippen molar-refractivity contribution in [2.24, 2.45) is 0 Å². The van der Waals surface area contributed by atoms with Crippen molar-refractivity contribution in [3.05, 3.63) is 100 Å². The molecule has 2 heterocycles. The summed E-state index contributed by atoms with van der Waals surface area (Å²) < 4.78 is 2.05. The van der Waals surface area contributed by atoms with Gasteiger partial charge in [-0.15, -0.1) is 0 Å². The third-order valence-electron chi connectivity index (χ3n) is 5.58. The molecule has 1 atom stereocenters. The van der Waals surface area contributed by atoms with Gasteiger partial charge in [0.2, 0.25) is 5.95 Å². The molecule has 1 aliphatic rings. The average molecular weight is 429 g/mol. The molecule has 0 bridgehead atoms. The van der Waals surface area contributed by atoms with Gasteiger partial charge in [0.25, 0.3) is 5.91 Å². The van der Waals surface area contributed by atoms with Crippen LogP contribution in [0.3, 0.4) is 0 Å². The summed E-state index contributed by atoms with van der Waals surface area (Å²) in [5.41, 5.74) is 5.87. The fraction of sp³-hybridized carbons (Fsp3) is 0.120. The number of halogens is 1. The van der Waals surface area contributed by atoms with E-state index in [1.165, 1.54) is 0 Å². The van der Waals surface area contributed by atoms with Gasteiger partial charge in [0.15, 0.2) is 0 Å². The first-order valence-electron chi connectivity index (χ1n) is 10.1. The van der Waals surface area contributed by atoms with Crippen molar-refractivity contribution in [1.29, 1.82) is 0 Å². The number of benzene rings is 3. The third-order valence-corrected chi connectivity index (χ3v) is 5.93. The first kappa shape index (κ1) is 19.4. The molecule has 0 spiro atoms. The van der Waals surface area contributed by atoms with E-state index in [1.54, 1.807) is 0 Å². The summed E-state index contributed by atoms with van der Waals surface area (Å²) in [5.74, 6) is 0.512. The number of hydrogen-bond acceptors (Lipinski definition) is 3. The summed E-state index contributed by atoms with van der Waals surface area (Å²) in [4.78, 5) is 18.3. The maximum atomic E-state index is 13.5. The number of nitrogens with zero attached hydrogens (tertiary/aromatic N) is 2. The zero-order valence-electron chi connectivity index (χ0n) is 17.2. The van der Waals surface area contributed by atoms with Crippen LogP contribution in [0.5, 0.6) is 0 Å². The van der Waals surface area contributed by atoms with E-state index in [9.17, 15) is 4.79 Å². The summed E-state index contributed by atoms with van der Waals surface area (Å²) in [6.07, 6.45) is 0. The van der Waals surface area contributed by atoms with Crippen LogP contribution in [0, 0.1) is 6.92 Å². The molecule has 0 radical (unpaired) electrons. The smallest absolute Gasteiger partial charge is 0.255 e. The van der Waals surface area contributed by atoms with E-state index in [0.29, 0.717) is 16.5 Å². The van der Waals surface area contributed by atoms with Crippen molar-refractivity contribution in [2.45, 2.75) is 19.9 Å². The van der Waals surface area contributed by atoms with Crippen LogP contribution in [-0.2, 0) is 4.79 Å². The van der Waals surface area contributed by atoms with Gasteiger partial charge >= 0.3 is 0 Å². The standard InChI is InChI=1S/C25H21ClN4O/c1-15-11-13-17(14-12-15)28-24(31)22-16(2)27-25-29-20-9-5-6-10-21(20)30(25)23(22)18-7-3-4-8-19(18)26/h3-14,23H,1-2H3,(H,27,29)(H,28,31)/t23-/m1/s1. The highest BCUT2D eigenvalue weighted by molar-refractivity contribution is 6.31. The zero-order chi connectivity index (χ0) is 21.5. The van der Waals surface area contributed by atoms with Crippen LogP contribution in [0.1, 0.15) is 24.1 Å². The van der Waals surface area contributed by atoms with Crippen LogP contribution in [0.25, 0.3) is 11.0 Å². The summed E-state index contributed by atoms with van der Waals surface area (Å²) in [5, 5.41) is 6.97. The Morgan fingerprint density at radius 1 is 1.00 bits per heavy atom. The van der Waals surface area contributed by atoms with Gasteiger partial charge in [-0.3, -0.25) is 9.36 Å². The molecule has 0 aliphatic carbocycles. The predicted octanol–water partition coefficient (Wildman–Crippen LogP) is 5.93. The SMILES string of the molecule is CC1=C(C(=O)Nc2ccc(C)cc2)[C@@H](c2ccccc2Cl)n2c(nc3ccccc32)N1. The number of aryl methyl sites for hydroxylation is 1. The van der Waals surface area contributed by atoms with E-state index in [1.807, 2.05) is 91.2 Å². The molecule has 31 heavy (non-hydrogen) atoms. The molecule has 0 saturated heterocycles. The minimum Gasteiger partial charge on any atom is -0.329 e. The van der Waals surface area contributed by atoms with Gasteiger partial charge in [-0.1, -0.05) is 59.6 Å². The first-order chi connectivity index (χ1) is 15.0. The van der Waals surface area contributed by atoms with E-state index in [2.05, 4.69) is 10.6 Å². The molecule has 0 saturated carbocycles. The number of carbonyl (C=O) groups is 1. The monoisotopic (exact) mass is 428 g/mol. The fourth-order valence-corrected chi connectivity index (χ4v) is 4.32. The molecule has 2 N–H and O–H groups in total. The maximum absolute atomic E-state index is 13.5. The van der Waals surface area contributed by atoms with E-state index < -0.39 is 6.04 Å². The second kappa shape index (κ2) is 7.60. The minimum atomic E-state index is -0.414. The van der Waals surface area contributed by atoms with Crippen LogP contribution in [-0.4, -0.2) is 15.5 Å². The summed E-state index contributed by atoms with van der Waals surface area (Å²) >= 11 is 6.63. The molecule has 3 aromatic carbocycles. The summed E-state index contributed by atoms with van der Waals surface area (Å²) in [6, 6.07) is 22.9. The van der Waals surface area contributed by atoms with Crippen molar-refractivity contribution in [3.63, 3.8) is 0 Å². The van der Waals surface area contributed by atoms with Gasteiger partial charge in [0.05, 0.1) is 22.6 Å². The molecule has 154 valence electrons. The lowest BCUT2D eigenvalue weighted by atomic mass is 9.94. The molecule has 0 unspecified atom stereocenters.